The van der Waals surface area contributed by atoms with Gasteiger partial charge in [-0.1, -0.05) is 29.8 Å². The minimum absolute atomic E-state index is 0.277. The van der Waals surface area contributed by atoms with Gasteiger partial charge in [0.25, 0.3) is 10.2 Å². The maximum absolute atomic E-state index is 12.3. The Morgan fingerprint density at radius 3 is 2.70 bits per heavy atom. The molecule has 20 heavy (non-hydrogen) atoms. The zero-order chi connectivity index (χ0) is 14.6. The summed E-state index contributed by atoms with van der Waals surface area (Å²) in [5.41, 5.74) is 7.78. The quantitative estimate of drug-likeness (QED) is 0.851. The van der Waals surface area contributed by atoms with Crippen LogP contribution in [0.3, 0.4) is 0 Å². The van der Waals surface area contributed by atoms with Crippen LogP contribution < -0.4 is 10.5 Å². The maximum Gasteiger partial charge on any atom is 0.279 e. The summed E-state index contributed by atoms with van der Waals surface area (Å²) in [6.07, 6.45) is 1.90. The Balaban J connectivity index is 1.95. The SMILES string of the molecule is Cc1ccc(CNS(=O)(=O)N2CCCC(CN)C2)cc1. The summed E-state index contributed by atoms with van der Waals surface area (Å²) in [6, 6.07) is 7.84. The van der Waals surface area contributed by atoms with E-state index in [0.717, 1.165) is 18.4 Å². The molecule has 1 saturated heterocycles. The lowest BCUT2D eigenvalue weighted by atomic mass is 10.0. The van der Waals surface area contributed by atoms with Gasteiger partial charge in [-0.25, -0.2) is 0 Å². The van der Waals surface area contributed by atoms with Gasteiger partial charge in [0.05, 0.1) is 0 Å². The molecule has 0 radical (unpaired) electrons. The van der Waals surface area contributed by atoms with Crippen LogP contribution in [-0.4, -0.2) is 32.4 Å². The van der Waals surface area contributed by atoms with Crippen LogP contribution >= 0.6 is 0 Å². The Morgan fingerprint density at radius 2 is 2.05 bits per heavy atom. The number of nitrogens with one attached hydrogen (secondary N) is 1. The molecule has 1 aromatic carbocycles. The minimum atomic E-state index is -3.41. The minimum Gasteiger partial charge on any atom is -0.330 e. The third kappa shape index (κ3) is 4.02. The van der Waals surface area contributed by atoms with Gasteiger partial charge in [-0.2, -0.15) is 17.4 Å². The van der Waals surface area contributed by atoms with Crippen molar-refractivity contribution in [2.45, 2.75) is 26.3 Å². The molecule has 1 heterocycles. The predicted octanol–water partition coefficient (Wildman–Crippen LogP) is 1.00. The van der Waals surface area contributed by atoms with Crippen LogP contribution in [-0.2, 0) is 16.8 Å². The number of hydrogen-bond acceptors (Lipinski definition) is 3. The van der Waals surface area contributed by atoms with Gasteiger partial charge in [-0.15, -0.1) is 0 Å². The first-order valence-electron chi connectivity index (χ1n) is 7.01. The van der Waals surface area contributed by atoms with E-state index in [0.29, 0.717) is 26.2 Å². The van der Waals surface area contributed by atoms with Crippen LogP contribution in [0.5, 0.6) is 0 Å². The average Bonchev–Trinajstić information content (AvgIpc) is 2.47. The van der Waals surface area contributed by atoms with Crippen molar-refractivity contribution in [3.8, 4) is 0 Å². The first-order valence-corrected chi connectivity index (χ1v) is 8.45. The fourth-order valence-electron chi connectivity index (χ4n) is 2.41. The Kier molecular flexibility index (Phi) is 5.15. The summed E-state index contributed by atoms with van der Waals surface area (Å²) in [6.45, 7) is 3.99. The lowest BCUT2D eigenvalue weighted by molar-refractivity contribution is 0.268. The molecule has 5 nitrogen and oxygen atoms in total. The summed E-state index contributed by atoms with van der Waals surface area (Å²) >= 11 is 0. The maximum atomic E-state index is 12.3. The highest BCUT2D eigenvalue weighted by Crippen LogP contribution is 2.17. The van der Waals surface area contributed by atoms with Gasteiger partial charge in [0, 0.05) is 19.6 Å². The second kappa shape index (κ2) is 6.67. The zero-order valence-corrected chi connectivity index (χ0v) is 12.7. The molecule has 1 aromatic rings. The van der Waals surface area contributed by atoms with Crippen LogP contribution in [0.1, 0.15) is 24.0 Å². The van der Waals surface area contributed by atoms with Crippen LogP contribution in [0.25, 0.3) is 0 Å². The second-order valence-corrected chi connectivity index (χ2v) is 7.17. The molecule has 1 atom stereocenters. The smallest absolute Gasteiger partial charge is 0.279 e. The molecule has 2 rings (SSSR count). The lowest BCUT2D eigenvalue weighted by Gasteiger charge is -2.31. The Labute approximate surface area is 121 Å². The van der Waals surface area contributed by atoms with Crippen molar-refractivity contribution >= 4 is 10.2 Å². The van der Waals surface area contributed by atoms with Crippen molar-refractivity contribution in [3.63, 3.8) is 0 Å². The molecular weight excluding hydrogens is 274 g/mol. The molecule has 0 aliphatic carbocycles. The third-order valence-corrected chi connectivity index (χ3v) is 5.25. The summed E-state index contributed by atoms with van der Waals surface area (Å²) in [4.78, 5) is 0. The highest BCUT2D eigenvalue weighted by molar-refractivity contribution is 7.87. The summed E-state index contributed by atoms with van der Waals surface area (Å²) in [5.74, 6) is 0.277. The van der Waals surface area contributed by atoms with Gasteiger partial charge in [0.2, 0.25) is 0 Å². The fourth-order valence-corrected chi connectivity index (χ4v) is 3.72. The molecule has 0 bridgehead atoms. The van der Waals surface area contributed by atoms with Crippen molar-refractivity contribution in [2.75, 3.05) is 19.6 Å². The predicted molar refractivity (Wildman–Crippen MR) is 80.3 cm³/mol. The van der Waals surface area contributed by atoms with Gasteiger partial charge in [0.1, 0.15) is 0 Å². The van der Waals surface area contributed by atoms with Crippen molar-refractivity contribution in [1.29, 1.82) is 0 Å². The molecule has 0 amide bonds. The molecule has 1 aliphatic rings. The number of rotatable bonds is 5. The van der Waals surface area contributed by atoms with E-state index in [1.807, 2.05) is 31.2 Å². The van der Waals surface area contributed by atoms with E-state index in [1.54, 1.807) is 0 Å². The summed E-state index contributed by atoms with van der Waals surface area (Å²) < 4.78 is 28.7. The van der Waals surface area contributed by atoms with Crippen molar-refractivity contribution in [3.05, 3.63) is 35.4 Å². The normalized spacial score (nSPS) is 21.0. The van der Waals surface area contributed by atoms with Gasteiger partial charge in [-0.05, 0) is 37.8 Å². The van der Waals surface area contributed by atoms with Crippen LogP contribution in [0.15, 0.2) is 24.3 Å². The lowest BCUT2D eigenvalue weighted by Crippen LogP contribution is -2.47. The number of hydrogen-bond donors (Lipinski definition) is 2. The molecule has 1 fully saturated rings. The fraction of sp³-hybridized carbons (Fsp3) is 0.571. The van der Waals surface area contributed by atoms with Crippen LogP contribution in [0, 0.1) is 12.8 Å². The summed E-state index contributed by atoms with van der Waals surface area (Å²) in [5, 5.41) is 0. The molecule has 6 heteroatoms. The molecule has 3 N–H and O–H groups in total. The van der Waals surface area contributed by atoms with Crippen molar-refractivity contribution in [1.82, 2.24) is 9.03 Å². The first-order chi connectivity index (χ1) is 9.51. The Morgan fingerprint density at radius 1 is 1.35 bits per heavy atom. The number of piperidine rings is 1. The largest absolute Gasteiger partial charge is 0.330 e. The molecule has 0 spiro atoms. The van der Waals surface area contributed by atoms with Crippen molar-refractivity contribution in [2.24, 2.45) is 11.7 Å². The average molecular weight is 297 g/mol. The van der Waals surface area contributed by atoms with Gasteiger partial charge >= 0.3 is 0 Å². The molecule has 0 aromatic heterocycles. The van der Waals surface area contributed by atoms with E-state index < -0.39 is 10.2 Å². The van der Waals surface area contributed by atoms with Gasteiger partial charge in [0.15, 0.2) is 0 Å². The standard InChI is InChI=1S/C14H23N3O2S/c1-12-4-6-13(7-5-12)10-16-20(18,19)17-8-2-3-14(9-15)11-17/h4-7,14,16H,2-3,8-11,15H2,1H3. The molecule has 1 unspecified atom stereocenters. The molecule has 0 saturated carbocycles. The molecule has 1 aliphatic heterocycles. The number of nitrogens with two attached hydrogens (primary N) is 1. The van der Waals surface area contributed by atoms with E-state index in [2.05, 4.69) is 4.72 Å². The van der Waals surface area contributed by atoms with Crippen LogP contribution in [0.4, 0.5) is 0 Å². The van der Waals surface area contributed by atoms with Gasteiger partial charge in [-0.3, -0.25) is 0 Å². The highest BCUT2D eigenvalue weighted by Gasteiger charge is 2.27. The third-order valence-electron chi connectivity index (χ3n) is 3.73. The van der Waals surface area contributed by atoms with E-state index in [9.17, 15) is 8.42 Å². The molecular formula is C14H23N3O2S. The second-order valence-electron chi connectivity index (χ2n) is 5.41. The Hall–Kier alpha value is -0.950. The van der Waals surface area contributed by atoms with E-state index >= 15 is 0 Å². The van der Waals surface area contributed by atoms with Crippen molar-refractivity contribution < 1.29 is 8.42 Å². The number of benzene rings is 1. The zero-order valence-electron chi connectivity index (χ0n) is 11.9. The van der Waals surface area contributed by atoms with E-state index in [1.165, 1.54) is 9.87 Å². The topological polar surface area (TPSA) is 75.4 Å². The van der Waals surface area contributed by atoms with E-state index in [-0.39, 0.29) is 5.92 Å². The monoisotopic (exact) mass is 297 g/mol. The number of nitrogens with zero attached hydrogens (tertiary/aromatic N) is 1. The van der Waals surface area contributed by atoms with Crippen LogP contribution in [0.2, 0.25) is 0 Å². The molecule has 112 valence electrons. The summed E-state index contributed by atoms with van der Waals surface area (Å²) in [7, 11) is -3.41. The number of aryl methyl sites for hydroxylation is 1. The van der Waals surface area contributed by atoms with E-state index in [4.69, 9.17) is 5.73 Å². The first kappa shape index (κ1) is 15.4. The Bertz CT molecular complexity index is 528. The van der Waals surface area contributed by atoms with Gasteiger partial charge < -0.3 is 5.73 Å². The highest BCUT2D eigenvalue weighted by atomic mass is 32.2.